The van der Waals surface area contributed by atoms with Gasteiger partial charge in [-0.1, -0.05) is 18.2 Å². The molecule has 1 fully saturated rings. The van der Waals surface area contributed by atoms with E-state index in [0.717, 1.165) is 49.3 Å². The molecule has 0 amide bonds. The summed E-state index contributed by atoms with van der Waals surface area (Å²) in [4.78, 5) is 15.3. The molecule has 138 valence electrons. The van der Waals surface area contributed by atoms with Gasteiger partial charge in [-0.3, -0.25) is 9.88 Å². The molecule has 1 aromatic carbocycles. The van der Waals surface area contributed by atoms with E-state index in [1.54, 1.807) is 18.5 Å². The number of aromatic nitrogens is 3. The van der Waals surface area contributed by atoms with Crippen LogP contribution < -0.4 is 5.73 Å². The van der Waals surface area contributed by atoms with Crippen molar-refractivity contribution >= 4 is 5.95 Å². The number of pyridine rings is 1. The normalized spacial score (nSPS) is 17.7. The zero-order chi connectivity index (χ0) is 18.6. The van der Waals surface area contributed by atoms with Crippen molar-refractivity contribution in [3.63, 3.8) is 0 Å². The number of anilines is 1. The van der Waals surface area contributed by atoms with Crippen LogP contribution in [0.1, 0.15) is 30.0 Å². The Balaban J connectivity index is 1.61. The highest BCUT2D eigenvalue weighted by Crippen LogP contribution is 2.33. The summed E-state index contributed by atoms with van der Waals surface area (Å²) in [6, 6.07) is 10.6. The van der Waals surface area contributed by atoms with Gasteiger partial charge in [0, 0.05) is 43.2 Å². The summed E-state index contributed by atoms with van der Waals surface area (Å²) < 4.78 is 13.7. The molecule has 4 rings (SSSR count). The summed E-state index contributed by atoms with van der Waals surface area (Å²) in [5.41, 5.74) is 9.63. The first kappa shape index (κ1) is 17.5. The molecule has 2 N–H and O–H groups in total. The standard InChI is InChI=1S/C21H22FN5/c22-18-7-1-5-16(10-18)19-12-25-21(23)26-20(19)17-6-3-9-27(14-17)13-15-4-2-8-24-11-15/h1-2,4-5,7-8,10-12,17H,3,6,9,13-14H2,(H2,23,25,26). The van der Waals surface area contributed by atoms with Crippen molar-refractivity contribution in [3.8, 4) is 11.1 Å². The fourth-order valence-corrected chi connectivity index (χ4v) is 3.77. The van der Waals surface area contributed by atoms with Gasteiger partial charge in [-0.25, -0.2) is 14.4 Å². The zero-order valence-electron chi connectivity index (χ0n) is 15.1. The molecule has 1 aliphatic heterocycles. The third kappa shape index (κ3) is 4.11. The molecule has 1 saturated heterocycles. The van der Waals surface area contributed by atoms with Gasteiger partial charge in [0.25, 0.3) is 0 Å². The maximum atomic E-state index is 13.7. The minimum absolute atomic E-state index is 0.235. The topological polar surface area (TPSA) is 67.9 Å². The number of benzene rings is 1. The maximum Gasteiger partial charge on any atom is 0.220 e. The summed E-state index contributed by atoms with van der Waals surface area (Å²) in [5, 5.41) is 0. The number of rotatable bonds is 4. The Kier molecular flexibility index (Phi) is 5.07. The van der Waals surface area contributed by atoms with E-state index in [0.29, 0.717) is 0 Å². The molecule has 2 aromatic heterocycles. The summed E-state index contributed by atoms with van der Waals surface area (Å²) in [6.07, 6.45) is 7.52. The SMILES string of the molecule is Nc1ncc(-c2cccc(F)c2)c(C2CCCN(Cc3cccnc3)C2)n1. The number of nitrogens with zero attached hydrogens (tertiary/aromatic N) is 4. The van der Waals surface area contributed by atoms with Gasteiger partial charge in [0.1, 0.15) is 5.82 Å². The molecular formula is C21H22FN5. The molecule has 0 radical (unpaired) electrons. The fourth-order valence-electron chi connectivity index (χ4n) is 3.77. The van der Waals surface area contributed by atoms with Gasteiger partial charge in [-0.15, -0.1) is 0 Å². The van der Waals surface area contributed by atoms with Crippen molar-refractivity contribution in [2.45, 2.75) is 25.3 Å². The Morgan fingerprint density at radius 1 is 1.19 bits per heavy atom. The highest BCUT2D eigenvalue weighted by Gasteiger charge is 2.25. The average Bonchev–Trinajstić information content (AvgIpc) is 2.69. The number of piperidine rings is 1. The number of hydrogen-bond donors (Lipinski definition) is 1. The predicted octanol–water partition coefficient (Wildman–Crippen LogP) is 3.64. The van der Waals surface area contributed by atoms with Crippen LogP contribution in [0.4, 0.5) is 10.3 Å². The van der Waals surface area contributed by atoms with E-state index in [4.69, 9.17) is 5.73 Å². The van der Waals surface area contributed by atoms with Gasteiger partial charge in [-0.2, -0.15) is 0 Å². The fraction of sp³-hybridized carbons (Fsp3) is 0.286. The van der Waals surface area contributed by atoms with E-state index in [1.165, 1.54) is 17.7 Å². The summed E-state index contributed by atoms with van der Waals surface area (Å²) in [7, 11) is 0. The quantitative estimate of drug-likeness (QED) is 0.766. The summed E-state index contributed by atoms with van der Waals surface area (Å²) >= 11 is 0. The lowest BCUT2D eigenvalue weighted by Crippen LogP contribution is -2.34. The Hall–Kier alpha value is -2.86. The molecule has 1 aliphatic rings. The second-order valence-electron chi connectivity index (χ2n) is 6.97. The van der Waals surface area contributed by atoms with Crippen LogP contribution in [0.25, 0.3) is 11.1 Å². The molecule has 6 heteroatoms. The van der Waals surface area contributed by atoms with Crippen molar-refractivity contribution in [3.05, 3.63) is 72.1 Å². The Bertz CT molecular complexity index is 915. The van der Waals surface area contributed by atoms with Crippen molar-refractivity contribution in [2.75, 3.05) is 18.8 Å². The van der Waals surface area contributed by atoms with Gasteiger partial charge >= 0.3 is 0 Å². The van der Waals surface area contributed by atoms with E-state index in [9.17, 15) is 4.39 Å². The minimum atomic E-state index is -0.267. The molecule has 3 heterocycles. The molecule has 27 heavy (non-hydrogen) atoms. The van der Waals surface area contributed by atoms with Crippen molar-refractivity contribution < 1.29 is 4.39 Å². The smallest absolute Gasteiger partial charge is 0.220 e. The molecule has 1 atom stereocenters. The second-order valence-corrected chi connectivity index (χ2v) is 6.97. The van der Waals surface area contributed by atoms with Crippen LogP contribution in [0, 0.1) is 5.82 Å². The van der Waals surface area contributed by atoms with Crippen LogP contribution in [0.3, 0.4) is 0 Å². The summed E-state index contributed by atoms with van der Waals surface area (Å²) in [6.45, 7) is 2.79. The molecule has 0 bridgehead atoms. The number of nitrogen functional groups attached to an aromatic ring is 1. The Morgan fingerprint density at radius 3 is 2.93 bits per heavy atom. The Labute approximate surface area is 158 Å². The van der Waals surface area contributed by atoms with Crippen LogP contribution in [0.2, 0.25) is 0 Å². The Morgan fingerprint density at radius 2 is 2.11 bits per heavy atom. The van der Waals surface area contributed by atoms with Crippen LogP contribution >= 0.6 is 0 Å². The number of likely N-dealkylation sites (tertiary alicyclic amines) is 1. The molecule has 0 spiro atoms. The van der Waals surface area contributed by atoms with Gasteiger partial charge in [0.15, 0.2) is 0 Å². The first-order chi connectivity index (χ1) is 13.2. The zero-order valence-corrected chi connectivity index (χ0v) is 15.1. The van der Waals surface area contributed by atoms with E-state index in [-0.39, 0.29) is 17.7 Å². The highest BCUT2D eigenvalue weighted by atomic mass is 19.1. The van der Waals surface area contributed by atoms with E-state index >= 15 is 0 Å². The molecule has 1 unspecified atom stereocenters. The van der Waals surface area contributed by atoms with Crippen molar-refractivity contribution in [1.82, 2.24) is 19.9 Å². The largest absolute Gasteiger partial charge is 0.368 e. The monoisotopic (exact) mass is 363 g/mol. The third-order valence-corrected chi connectivity index (χ3v) is 4.99. The molecule has 3 aromatic rings. The molecule has 5 nitrogen and oxygen atoms in total. The lowest BCUT2D eigenvalue weighted by Gasteiger charge is -2.33. The number of halogens is 1. The highest BCUT2D eigenvalue weighted by molar-refractivity contribution is 5.66. The third-order valence-electron chi connectivity index (χ3n) is 4.99. The van der Waals surface area contributed by atoms with Crippen LogP contribution in [0.5, 0.6) is 0 Å². The van der Waals surface area contributed by atoms with Gasteiger partial charge < -0.3 is 5.73 Å². The second kappa shape index (κ2) is 7.80. The van der Waals surface area contributed by atoms with E-state index < -0.39 is 0 Å². The van der Waals surface area contributed by atoms with E-state index in [1.807, 2.05) is 18.3 Å². The van der Waals surface area contributed by atoms with Crippen LogP contribution in [-0.4, -0.2) is 32.9 Å². The lowest BCUT2D eigenvalue weighted by molar-refractivity contribution is 0.198. The number of hydrogen-bond acceptors (Lipinski definition) is 5. The average molecular weight is 363 g/mol. The predicted molar refractivity (Wildman–Crippen MR) is 103 cm³/mol. The first-order valence-electron chi connectivity index (χ1n) is 9.18. The van der Waals surface area contributed by atoms with Crippen LogP contribution in [0.15, 0.2) is 55.0 Å². The maximum absolute atomic E-state index is 13.7. The molecular weight excluding hydrogens is 341 g/mol. The van der Waals surface area contributed by atoms with Crippen LogP contribution in [-0.2, 0) is 6.54 Å². The lowest BCUT2D eigenvalue weighted by atomic mass is 9.89. The van der Waals surface area contributed by atoms with Gasteiger partial charge in [0.05, 0.1) is 5.69 Å². The minimum Gasteiger partial charge on any atom is -0.368 e. The van der Waals surface area contributed by atoms with Crippen molar-refractivity contribution in [2.24, 2.45) is 0 Å². The first-order valence-corrected chi connectivity index (χ1v) is 9.18. The molecule has 0 aliphatic carbocycles. The van der Waals surface area contributed by atoms with Crippen molar-refractivity contribution in [1.29, 1.82) is 0 Å². The number of nitrogens with two attached hydrogens (primary N) is 1. The van der Waals surface area contributed by atoms with Gasteiger partial charge in [-0.05, 0) is 48.7 Å². The molecule has 0 saturated carbocycles. The summed E-state index contributed by atoms with van der Waals surface area (Å²) in [5.74, 6) is 0.227. The van der Waals surface area contributed by atoms with E-state index in [2.05, 4.69) is 25.9 Å². The van der Waals surface area contributed by atoms with Gasteiger partial charge in [0.2, 0.25) is 5.95 Å².